The molecule has 4 nitrogen and oxygen atoms in total. The van der Waals surface area contributed by atoms with E-state index in [1.54, 1.807) is 26.0 Å². The number of aromatic nitrogens is 1. The number of carbonyl (C=O) groups excluding carboxylic acids is 1. The van der Waals surface area contributed by atoms with Crippen LogP contribution in [0, 0.1) is 12.7 Å². The number of rotatable bonds is 4. The third kappa shape index (κ3) is 3.34. The summed E-state index contributed by atoms with van der Waals surface area (Å²) >= 11 is 4.41. The number of nitrogens with one attached hydrogen (secondary N) is 1. The maximum Gasteiger partial charge on any atom is 0.358 e. The summed E-state index contributed by atoms with van der Waals surface area (Å²) in [6, 6.07) is 4.67. The SMILES string of the molecule is CCOC(=O)c1nc(Nc2ccc(Br)c(F)c2)sc1C. The molecule has 106 valence electrons. The number of thiazole rings is 1. The average molecular weight is 359 g/mol. The number of aryl methyl sites for hydroxylation is 1. The maximum atomic E-state index is 13.4. The van der Waals surface area contributed by atoms with Gasteiger partial charge in [0.2, 0.25) is 0 Å². The van der Waals surface area contributed by atoms with Gasteiger partial charge in [0.1, 0.15) is 5.82 Å². The smallest absolute Gasteiger partial charge is 0.358 e. The first-order valence-corrected chi connectivity index (χ1v) is 7.48. The van der Waals surface area contributed by atoms with E-state index in [1.807, 2.05) is 0 Å². The summed E-state index contributed by atoms with van der Waals surface area (Å²) in [7, 11) is 0. The monoisotopic (exact) mass is 358 g/mol. The number of halogens is 2. The van der Waals surface area contributed by atoms with Crippen molar-refractivity contribution in [2.45, 2.75) is 13.8 Å². The highest BCUT2D eigenvalue weighted by atomic mass is 79.9. The van der Waals surface area contributed by atoms with E-state index in [0.717, 1.165) is 4.88 Å². The molecule has 0 fully saturated rings. The Labute approximate surface area is 128 Å². The lowest BCUT2D eigenvalue weighted by Gasteiger charge is -2.03. The van der Waals surface area contributed by atoms with Crippen LogP contribution in [0.2, 0.25) is 0 Å². The molecule has 0 bridgehead atoms. The second-order valence-electron chi connectivity index (χ2n) is 3.90. The molecule has 0 saturated heterocycles. The van der Waals surface area contributed by atoms with Gasteiger partial charge in [0.15, 0.2) is 10.8 Å². The van der Waals surface area contributed by atoms with Crippen molar-refractivity contribution in [3.05, 3.63) is 39.1 Å². The first-order valence-electron chi connectivity index (χ1n) is 5.88. The molecule has 0 atom stereocenters. The molecule has 0 spiro atoms. The Morgan fingerprint density at radius 1 is 1.55 bits per heavy atom. The second-order valence-corrected chi connectivity index (χ2v) is 5.96. The molecule has 0 amide bonds. The quantitative estimate of drug-likeness (QED) is 0.829. The lowest BCUT2D eigenvalue weighted by molar-refractivity contribution is 0.0519. The summed E-state index contributed by atoms with van der Waals surface area (Å²) in [6.07, 6.45) is 0. The Kier molecular flexibility index (Phi) is 4.72. The zero-order valence-corrected chi connectivity index (χ0v) is 13.3. The minimum absolute atomic E-state index is 0.289. The van der Waals surface area contributed by atoms with E-state index in [-0.39, 0.29) is 11.5 Å². The molecule has 0 unspecified atom stereocenters. The van der Waals surface area contributed by atoms with Crippen LogP contribution in [0.4, 0.5) is 15.2 Å². The van der Waals surface area contributed by atoms with Gasteiger partial charge >= 0.3 is 5.97 Å². The van der Waals surface area contributed by atoms with Crippen LogP contribution in [0.25, 0.3) is 0 Å². The zero-order chi connectivity index (χ0) is 14.7. The van der Waals surface area contributed by atoms with E-state index in [9.17, 15) is 9.18 Å². The van der Waals surface area contributed by atoms with Crippen molar-refractivity contribution in [3.8, 4) is 0 Å². The number of anilines is 2. The number of carbonyl (C=O) groups is 1. The number of esters is 1. The van der Waals surface area contributed by atoms with Gasteiger partial charge < -0.3 is 10.1 Å². The first kappa shape index (κ1) is 14.9. The summed E-state index contributed by atoms with van der Waals surface area (Å²) < 4.78 is 18.7. The minimum atomic E-state index is -0.448. The standard InChI is InChI=1S/C13H12BrFN2O2S/c1-3-19-12(18)11-7(2)20-13(17-11)16-8-4-5-9(14)10(15)6-8/h4-6H,3H2,1-2H3,(H,16,17). The summed E-state index contributed by atoms with van der Waals surface area (Å²) in [4.78, 5) is 16.6. The van der Waals surface area contributed by atoms with Gasteiger partial charge in [0.05, 0.1) is 11.1 Å². The van der Waals surface area contributed by atoms with Gasteiger partial charge in [0.25, 0.3) is 0 Å². The summed E-state index contributed by atoms with van der Waals surface area (Å²) in [5.74, 6) is -0.815. The normalized spacial score (nSPS) is 10.4. The molecule has 0 aliphatic heterocycles. The third-order valence-electron chi connectivity index (χ3n) is 2.44. The van der Waals surface area contributed by atoms with E-state index in [2.05, 4.69) is 26.2 Å². The maximum absolute atomic E-state index is 13.4. The third-order valence-corrected chi connectivity index (χ3v) is 3.97. The largest absolute Gasteiger partial charge is 0.461 e. The molecular formula is C13H12BrFN2O2S. The summed E-state index contributed by atoms with van der Waals surface area (Å²) in [5.41, 5.74) is 0.854. The van der Waals surface area contributed by atoms with Gasteiger partial charge in [-0.25, -0.2) is 14.2 Å². The van der Waals surface area contributed by atoms with Crippen molar-refractivity contribution in [1.82, 2.24) is 4.98 Å². The second kappa shape index (κ2) is 6.32. The predicted molar refractivity (Wildman–Crippen MR) is 80.2 cm³/mol. The minimum Gasteiger partial charge on any atom is -0.461 e. The number of nitrogens with zero attached hydrogens (tertiary/aromatic N) is 1. The van der Waals surface area contributed by atoms with Crippen LogP contribution in [-0.2, 0) is 4.74 Å². The molecule has 1 aromatic heterocycles. The number of benzene rings is 1. The number of ether oxygens (including phenoxy) is 1. The van der Waals surface area contributed by atoms with Crippen molar-refractivity contribution in [3.63, 3.8) is 0 Å². The molecule has 0 aliphatic rings. The van der Waals surface area contributed by atoms with E-state index in [0.29, 0.717) is 21.9 Å². The van der Waals surface area contributed by atoms with Crippen LogP contribution in [-0.4, -0.2) is 17.6 Å². The van der Waals surface area contributed by atoms with Crippen LogP contribution in [0.15, 0.2) is 22.7 Å². The molecule has 7 heteroatoms. The Balaban J connectivity index is 2.20. The predicted octanol–water partition coefficient (Wildman–Crippen LogP) is 4.27. The van der Waals surface area contributed by atoms with Crippen molar-refractivity contribution in [2.75, 3.05) is 11.9 Å². The fourth-order valence-corrected chi connectivity index (χ4v) is 2.60. The molecule has 2 rings (SSSR count). The van der Waals surface area contributed by atoms with Gasteiger partial charge in [-0.05, 0) is 48.0 Å². The van der Waals surface area contributed by atoms with Gasteiger partial charge in [-0.2, -0.15) is 0 Å². The van der Waals surface area contributed by atoms with Crippen LogP contribution in [0.1, 0.15) is 22.3 Å². The van der Waals surface area contributed by atoms with E-state index >= 15 is 0 Å². The molecule has 0 radical (unpaired) electrons. The fourth-order valence-electron chi connectivity index (χ4n) is 1.54. The summed E-state index contributed by atoms with van der Waals surface area (Å²) in [6.45, 7) is 3.83. The summed E-state index contributed by atoms with van der Waals surface area (Å²) in [5, 5.41) is 3.49. The van der Waals surface area contributed by atoms with Crippen LogP contribution in [0.5, 0.6) is 0 Å². The Morgan fingerprint density at radius 2 is 2.30 bits per heavy atom. The van der Waals surface area contributed by atoms with Gasteiger partial charge in [0, 0.05) is 10.6 Å². The zero-order valence-electron chi connectivity index (χ0n) is 10.9. The van der Waals surface area contributed by atoms with Crippen molar-refractivity contribution >= 4 is 44.1 Å². The molecule has 1 aromatic carbocycles. The molecule has 1 N–H and O–H groups in total. The number of hydrogen-bond acceptors (Lipinski definition) is 5. The lowest BCUT2D eigenvalue weighted by Crippen LogP contribution is -2.06. The fraction of sp³-hybridized carbons (Fsp3) is 0.231. The molecule has 20 heavy (non-hydrogen) atoms. The van der Waals surface area contributed by atoms with Crippen molar-refractivity contribution in [1.29, 1.82) is 0 Å². The Morgan fingerprint density at radius 3 is 2.95 bits per heavy atom. The molecule has 0 aliphatic carbocycles. The van der Waals surface area contributed by atoms with E-state index < -0.39 is 5.97 Å². The molecule has 1 heterocycles. The van der Waals surface area contributed by atoms with Gasteiger partial charge in [-0.15, -0.1) is 11.3 Å². The first-order chi connectivity index (χ1) is 9.51. The topological polar surface area (TPSA) is 51.2 Å². The molecular weight excluding hydrogens is 347 g/mol. The van der Waals surface area contributed by atoms with E-state index in [4.69, 9.17) is 4.74 Å². The molecule has 2 aromatic rings. The highest BCUT2D eigenvalue weighted by molar-refractivity contribution is 9.10. The average Bonchev–Trinajstić information content (AvgIpc) is 2.75. The van der Waals surface area contributed by atoms with E-state index in [1.165, 1.54) is 17.4 Å². The van der Waals surface area contributed by atoms with Crippen LogP contribution in [0.3, 0.4) is 0 Å². The Hall–Kier alpha value is -1.47. The highest BCUT2D eigenvalue weighted by Gasteiger charge is 2.16. The highest BCUT2D eigenvalue weighted by Crippen LogP contribution is 2.27. The van der Waals surface area contributed by atoms with Crippen LogP contribution < -0.4 is 5.32 Å². The van der Waals surface area contributed by atoms with Crippen molar-refractivity contribution < 1.29 is 13.9 Å². The van der Waals surface area contributed by atoms with Gasteiger partial charge in [-0.3, -0.25) is 0 Å². The van der Waals surface area contributed by atoms with Gasteiger partial charge in [-0.1, -0.05) is 0 Å². The lowest BCUT2D eigenvalue weighted by atomic mass is 10.3. The Bertz CT molecular complexity index is 645. The van der Waals surface area contributed by atoms with Crippen LogP contribution >= 0.6 is 27.3 Å². The van der Waals surface area contributed by atoms with Crippen molar-refractivity contribution in [2.24, 2.45) is 0 Å². The molecule has 0 saturated carbocycles. The number of hydrogen-bond donors (Lipinski definition) is 1.